The first-order valence-corrected chi connectivity index (χ1v) is 11.5. The molecule has 3 rings (SSSR count). The summed E-state index contributed by atoms with van der Waals surface area (Å²) in [6, 6.07) is 18.4. The van der Waals surface area contributed by atoms with E-state index in [0.717, 1.165) is 49.3 Å². The van der Waals surface area contributed by atoms with Crippen LogP contribution in [0.2, 0.25) is 0 Å². The average molecular weight is 398 g/mol. The zero-order valence-electron chi connectivity index (χ0n) is 17.0. The Kier molecular flexibility index (Phi) is 7.84. The molecule has 0 N–H and O–H groups in total. The molecule has 0 bridgehead atoms. The van der Waals surface area contributed by atoms with Crippen LogP contribution in [0.5, 0.6) is 5.75 Å². The maximum atomic E-state index is 13.1. The molecule has 0 radical (unpaired) electrons. The molecule has 0 saturated carbocycles. The van der Waals surface area contributed by atoms with Gasteiger partial charge in [-0.2, -0.15) is 0 Å². The Labute approximate surface area is 173 Å². The molecule has 4 heteroatoms. The first kappa shape index (κ1) is 20.8. The summed E-state index contributed by atoms with van der Waals surface area (Å²) in [4.78, 5) is 15.2. The number of benzene rings is 2. The van der Waals surface area contributed by atoms with Gasteiger partial charge in [-0.1, -0.05) is 69.2 Å². The summed E-state index contributed by atoms with van der Waals surface area (Å²) < 4.78 is 5.90. The van der Waals surface area contributed by atoms with Gasteiger partial charge in [-0.25, -0.2) is 0 Å². The molecule has 28 heavy (non-hydrogen) atoms. The molecule has 1 aliphatic rings. The normalized spacial score (nSPS) is 17.5. The molecule has 1 saturated heterocycles. The van der Waals surface area contributed by atoms with Crippen molar-refractivity contribution in [3.05, 3.63) is 65.7 Å². The van der Waals surface area contributed by atoms with Crippen molar-refractivity contribution in [2.24, 2.45) is 5.92 Å². The van der Waals surface area contributed by atoms with Crippen LogP contribution in [0.4, 0.5) is 0 Å². The number of hydrogen-bond donors (Lipinski definition) is 0. The second kappa shape index (κ2) is 10.6. The number of rotatable bonds is 9. The number of carbonyl (C=O) groups excluding carboxylic acids is 1. The Morgan fingerprint density at radius 3 is 2.57 bits per heavy atom. The molecule has 1 heterocycles. The van der Waals surface area contributed by atoms with E-state index in [0.29, 0.717) is 12.5 Å². The van der Waals surface area contributed by atoms with Gasteiger partial charge in [0.25, 0.3) is 0 Å². The highest BCUT2D eigenvalue weighted by Gasteiger charge is 2.33. The van der Waals surface area contributed by atoms with Gasteiger partial charge in [0, 0.05) is 18.2 Å². The predicted octanol–water partition coefficient (Wildman–Crippen LogP) is 6.06. The summed E-state index contributed by atoms with van der Waals surface area (Å²) in [5.74, 6) is 2.36. The number of unbranched alkanes of at least 4 members (excludes halogenated alkanes) is 1. The standard InChI is InChI=1S/C24H31NO2S/c1-3-5-11-20(4-2)23(26)25-16-17-28-24(25)21-12-14-22(15-13-21)27-18-19-9-7-6-8-10-19/h6-10,12-15,20,24H,3-5,11,16-18H2,1-2H3/t20-,24+/m1/s1. The van der Waals surface area contributed by atoms with E-state index in [1.807, 2.05) is 42.1 Å². The fraction of sp³-hybridized carbons (Fsp3) is 0.458. The Morgan fingerprint density at radius 1 is 1.14 bits per heavy atom. The lowest BCUT2D eigenvalue weighted by Crippen LogP contribution is -2.35. The number of nitrogens with zero attached hydrogens (tertiary/aromatic N) is 1. The highest BCUT2D eigenvalue weighted by Crippen LogP contribution is 2.39. The Bertz CT molecular complexity index is 732. The molecule has 0 unspecified atom stereocenters. The van der Waals surface area contributed by atoms with Crippen LogP contribution in [-0.2, 0) is 11.4 Å². The summed E-state index contributed by atoms with van der Waals surface area (Å²) in [5, 5.41) is 0.131. The molecular formula is C24H31NO2S. The van der Waals surface area contributed by atoms with Gasteiger partial charge in [0.2, 0.25) is 5.91 Å². The Hall–Kier alpha value is -1.94. The zero-order chi connectivity index (χ0) is 19.8. The van der Waals surface area contributed by atoms with Gasteiger partial charge >= 0.3 is 0 Å². The summed E-state index contributed by atoms with van der Waals surface area (Å²) in [7, 11) is 0. The third-order valence-corrected chi connectivity index (χ3v) is 6.60. The van der Waals surface area contributed by atoms with Crippen LogP contribution in [0.25, 0.3) is 0 Å². The van der Waals surface area contributed by atoms with Gasteiger partial charge in [0.15, 0.2) is 0 Å². The second-order valence-corrected chi connectivity index (χ2v) is 8.53. The van der Waals surface area contributed by atoms with Crippen molar-refractivity contribution in [3.63, 3.8) is 0 Å². The zero-order valence-corrected chi connectivity index (χ0v) is 17.8. The van der Waals surface area contributed by atoms with E-state index in [2.05, 4.69) is 43.0 Å². The highest BCUT2D eigenvalue weighted by atomic mass is 32.2. The van der Waals surface area contributed by atoms with Crippen LogP contribution in [0, 0.1) is 5.92 Å². The molecular weight excluding hydrogens is 366 g/mol. The number of amides is 1. The fourth-order valence-corrected chi connectivity index (χ4v) is 4.89. The van der Waals surface area contributed by atoms with Gasteiger partial charge in [-0.3, -0.25) is 4.79 Å². The molecule has 2 aromatic carbocycles. The maximum Gasteiger partial charge on any atom is 0.226 e. The number of thioether (sulfide) groups is 1. The highest BCUT2D eigenvalue weighted by molar-refractivity contribution is 7.99. The molecule has 3 nitrogen and oxygen atoms in total. The van der Waals surface area contributed by atoms with Crippen LogP contribution in [-0.4, -0.2) is 23.1 Å². The van der Waals surface area contributed by atoms with Crippen molar-refractivity contribution in [2.45, 2.75) is 51.5 Å². The summed E-state index contributed by atoms with van der Waals surface area (Å²) in [6.45, 7) is 5.74. The summed E-state index contributed by atoms with van der Waals surface area (Å²) >= 11 is 1.86. The first-order chi connectivity index (χ1) is 13.7. The number of carbonyl (C=O) groups is 1. The van der Waals surface area contributed by atoms with Gasteiger partial charge in [-0.15, -0.1) is 11.8 Å². The van der Waals surface area contributed by atoms with Gasteiger partial charge in [0.1, 0.15) is 17.7 Å². The SMILES string of the molecule is CCCC[C@@H](CC)C(=O)N1CCS[C@H]1c1ccc(OCc2ccccc2)cc1. The number of hydrogen-bond acceptors (Lipinski definition) is 3. The lowest BCUT2D eigenvalue weighted by Gasteiger charge is -2.28. The van der Waals surface area contributed by atoms with Crippen LogP contribution in [0.1, 0.15) is 56.0 Å². The number of ether oxygens (including phenoxy) is 1. The van der Waals surface area contributed by atoms with Crippen molar-refractivity contribution in [3.8, 4) is 5.75 Å². The third kappa shape index (κ3) is 5.32. The molecule has 1 fully saturated rings. The smallest absolute Gasteiger partial charge is 0.226 e. The summed E-state index contributed by atoms with van der Waals surface area (Å²) in [5.41, 5.74) is 2.35. The molecule has 1 aliphatic heterocycles. The molecule has 0 aliphatic carbocycles. The van der Waals surface area contributed by atoms with E-state index in [4.69, 9.17) is 4.74 Å². The molecule has 2 atom stereocenters. The van der Waals surface area contributed by atoms with E-state index in [1.165, 1.54) is 5.56 Å². The quantitative estimate of drug-likeness (QED) is 0.515. The molecule has 2 aromatic rings. The third-order valence-electron chi connectivity index (χ3n) is 5.34. The largest absolute Gasteiger partial charge is 0.489 e. The van der Waals surface area contributed by atoms with Gasteiger partial charge < -0.3 is 9.64 Å². The van der Waals surface area contributed by atoms with Crippen LogP contribution in [0.15, 0.2) is 54.6 Å². The first-order valence-electron chi connectivity index (χ1n) is 10.4. The van der Waals surface area contributed by atoms with Crippen molar-refractivity contribution < 1.29 is 9.53 Å². The minimum absolute atomic E-state index is 0.131. The van der Waals surface area contributed by atoms with E-state index in [1.54, 1.807) is 0 Å². The van der Waals surface area contributed by atoms with Crippen molar-refractivity contribution in [1.82, 2.24) is 4.90 Å². The molecule has 150 valence electrons. The van der Waals surface area contributed by atoms with Crippen LogP contribution < -0.4 is 4.74 Å². The molecule has 0 spiro atoms. The lowest BCUT2D eigenvalue weighted by atomic mass is 9.97. The van der Waals surface area contributed by atoms with E-state index >= 15 is 0 Å². The van der Waals surface area contributed by atoms with Crippen molar-refractivity contribution in [1.29, 1.82) is 0 Å². The second-order valence-electron chi connectivity index (χ2n) is 7.35. The van der Waals surface area contributed by atoms with Crippen LogP contribution in [0.3, 0.4) is 0 Å². The average Bonchev–Trinajstić information content (AvgIpc) is 3.23. The van der Waals surface area contributed by atoms with Crippen molar-refractivity contribution >= 4 is 17.7 Å². The Balaban J connectivity index is 1.62. The fourth-order valence-electron chi connectivity index (χ4n) is 3.63. The summed E-state index contributed by atoms with van der Waals surface area (Å²) in [6.07, 6.45) is 4.21. The minimum Gasteiger partial charge on any atom is -0.489 e. The van der Waals surface area contributed by atoms with E-state index in [-0.39, 0.29) is 11.3 Å². The van der Waals surface area contributed by atoms with E-state index in [9.17, 15) is 4.79 Å². The van der Waals surface area contributed by atoms with Gasteiger partial charge in [0.05, 0.1) is 0 Å². The maximum absolute atomic E-state index is 13.1. The molecule has 0 aromatic heterocycles. The van der Waals surface area contributed by atoms with E-state index < -0.39 is 0 Å². The predicted molar refractivity (Wildman–Crippen MR) is 117 cm³/mol. The minimum atomic E-state index is 0.131. The van der Waals surface area contributed by atoms with Crippen molar-refractivity contribution in [2.75, 3.05) is 12.3 Å². The monoisotopic (exact) mass is 397 g/mol. The van der Waals surface area contributed by atoms with Gasteiger partial charge in [-0.05, 0) is 36.1 Å². The van der Waals surface area contributed by atoms with Crippen LogP contribution >= 0.6 is 11.8 Å². The topological polar surface area (TPSA) is 29.5 Å². The Morgan fingerprint density at radius 2 is 1.89 bits per heavy atom. The lowest BCUT2D eigenvalue weighted by molar-refractivity contribution is -0.136. The molecule has 1 amide bonds.